The van der Waals surface area contributed by atoms with Gasteiger partial charge in [-0.05, 0) is 56.7 Å². The molecule has 0 saturated heterocycles. The third-order valence-corrected chi connectivity index (χ3v) is 4.90. The Morgan fingerprint density at radius 3 is 2.79 bits per heavy atom. The van der Waals surface area contributed by atoms with E-state index in [1.54, 1.807) is 6.07 Å². The van der Waals surface area contributed by atoms with Gasteiger partial charge in [0.2, 0.25) is 0 Å². The van der Waals surface area contributed by atoms with Gasteiger partial charge in [0.1, 0.15) is 11.6 Å². The summed E-state index contributed by atoms with van der Waals surface area (Å²) in [5, 5.41) is 0.672. The van der Waals surface area contributed by atoms with Gasteiger partial charge in [-0.3, -0.25) is 0 Å². The van der Waals surface area contributed by atoms with Crippen LogP contribution in [0.3, 0.4) is 0 Å². The molecule has 3 aromatic rings. The summed E-state index contributed by atoms with van der Waals surface area (Å²) in [7, 11) is 0. The first-order chi connectivity index (χ1) is 9.04. The lowest BCUT2D eigenvalue weighted by Gasteiger charge is -1.99. The largest absolute Gasteiger partial charge is 0.338 e. The molecule has 0 bridgehead atoms. The van der Waals surface area contributed by atoms with Crippen molar-refractivity contribution in [2.24, 2.45) is 0 Å². The highest BCUT2D eigenvalue weighted by Gasteiger charge is 2.09. The van der Waals surface area contributed by atoms with Crippen molar-refractivity contribution in [1.29, 1.82) is 0 Å². The van der Waals surface area contributed by atoms with E-state index in [0.29, 0.717) is 26.4 Å². The molecule has 0 amide bonds. The molecular formula is C13H6BrClFIN2. The van der Waals surface area contributed by atoms with Gasteiger partial charge in [-0.2, -0.15) is 0 Å². The van der Waals surface area contributed by atoms with E-state index in [0.717, 1.165) is 9.13 Å². The van der Waals surface area contributed by atoms with Gasteiger partial charge in [-0.25, -0.2) is 9.37 Å². The predicted molar refractivity (Wildman–Crippen MR) is 86.9 cm³/mol. The van der Waals surface area contributed by atoms with E-state index in [1.807, 2.05) is 18.2 Å². The lowest BCUT2D eigenvalue weighted by Crippen LogP contribution is -1.82. The molecular weight excluding hydrogens is 445 g/mol. The fraction of sp³-hybridized carbons (Fsp3) is 0. The van der Waals surface area contributed by atoms with Crippen molar-refractivity contribution in [3.05, 3.63) is 49.2 Å². The zero-order chi connectivity index (χ0) is 13.6. The van der Waals surface area contributed by atoms with E-state index in [9.17, 15) is 4.39 Å². The van der Waals surface area contributed by atoms with Crippen LogP contribution in [-0.2, 0) is 0 Å². The quantitative estimate of drug-likeness (QED) is 0.494. The molecule has 1 aromatic heterocycles. The van der Waals surface area contributed by atoms with E-state index in [4.69, 9.17) is 11.6 Å². The normalized spacial score (nSPS) is 11.2. The summed E-state index contributed by atoms with van der Waals surface area (Å²) < 4.78 is 14.8. The molecule has 3 rings (SSSR count). The molecule has 0 aliphatic heterocycles. The average molecular weight is 451 g/mol. The van der Waals surface area contributed by atoms with Crippen LogP contribution in [0, 0.1) is 9.39 Å². The van der Waals surface area contributed by atoms with Gasteiger partial charge in [0.25, 0.3) is 0 Å². The van der Waals surface area contributed by atoms with E-state index < -0.39 is 0 Å². The van der Waals surface area contributed by atoms with Crippen LogP contribution >= 0.6 is 50.1 Å². The Bertz CT molecular complexity index is 749. The fourth-order valence-corrected chi connectivity index (χ4v) is 2.63. The van der Waals surface area contributed by atoms with Gasteiger partial charge in [-0.15, -0.1) is 0 Å². The number of nitrogens with zero attached hydrogens (tertiary/aromatic N) is 1. The van der Waals surface area contributed by atoms with Gasteiger partial charge in [0.15, 0.2) is 0 Å². The molecule has 96 valence electrons. The molecule has 2 nitrogen and oxygen atoms in total. The molecule has 0 radical (unpaired) electrons. The van der Waals surface area contributed by atoms with Crippen LogP contribution in [0.4, 0.5) is 4.39 Å². The van der Waals surface area contributed by atoms with E-state index >= 15 is 0 Å². The zero-order valence-electron chi connectivity index (χ0n) is 9.35. The molecule has 0 aliphatic rings. The summed E-state index contributed by atoms with van der Waals surface area (Å²) in [4.78, 5) is 7.54. The van der Waals surface area contributed by atoms with Crippen LogP contribution < -0.4 is 0 Å². The van der Waals surface area contributed by atoms with Crippen LogP contribution in [0.15, 0.2) is 34.8 Å². The smallest absolute Gasteiger partial charge is 0.139 e. The van der Waals surface area contributed by atoms with Gasteiger partial charge in [-0.1, -0.05) is 17.7 Å². The highest BCUT2D eigenvalue weighted by Crippen LogP contribution is 2.28. The maximum Gasteiger partial charge on any atom is 0.139 e. The number of fused-ring (bicyclic) bond motifs is 1. The number of hydrogen-bond acceptors (Lipinski definition) is 1. The highest BCUT2D eigenvalue weighted by molar-refractivity contribution is 14.1. The molecule has 0 fully saturated rings. The first kappa shape index (κ1) is 13.3. The monoisotopic (exact) mass is 450 g/mol. The van der Waals surface area contributed by atoms with E-state index in [-0.39, 0.29) is 5.82 Å². The molecule has 0 spiro atoms. The Morgan fingerprint density at radius 1 is 1.26 bits per heavy atom. The Labute approximate surface area is 135 Å². The lowest BCUT2D eigenvalue weighted by molar-refractivity contribution is 0.623. The van der Waals surface area contributed by atoms with Crippen molar-refractivity contribution in [3.63, 3.8) is 0 Å². The molecule has 1 heterocycles. The fourth-order valence-electron chi connectivity index (χ4n) is 1.79. The van der Waals surface area contributed by atoms with Crippen LogP contribution in [-0.4, -0.2) is 9.97 Å². The molecule has 0 unspecified atom stereocenters. The van der Waals surface area contributed by atoms with Crippen molar-refractivity contribution < 1.29 is 4.39 Å². The summed E-state index contributed by atoms with van der Waals surface area (Å²) in [6.07, 6.45) is 0. The Morgan fingerprint density at radius 2 is 2.05 bits per heavy atom. The lowest BCUT2D eigenvalue weighted by atomic mass is 10.2. The maximum absolute atomic E-state index is 13.5. The minimum Gasteiger partial charge on any atom is -0.338 e. The molecule has 1 N–H and O–H groups in total. The second kappa shape index (κ2) is 5.03. The van der Waals surface area contributed by atoms with Crippen molar-refractivity contribution in [2.45, 2.75) is 0 Å². The molecule has 6 heteroatoms. The number of rotatable bonds is 1. The summed E-state index contributed by atoms with van der Waals surface area (Å²) in [6.45, 7) is 0. The molecule has 0 saturated carbocycles. The first-order valence-electron chi connectivity index (χ1n) is 5.35. The van der Waals surface area contributed by atoms with E-state index in [2.05, 4.69) is 48.5 Å². The van der Waals surface area contributed by atoms with Crippen molar-refractivity contribution in [3.8, 4) is 11.4 Å². The molecule has 19 heavy (non-hydrogen) atoms. The number of H-pyrrole nitrogens is 1. The Kier molecular flexibility index (Phi) is 3.53. The first-order valence-corrected chi connectivity index (χ1v) is 7.60. The third kappa shape index (κ3) is 2.51. The van der Waals surface area contributed by atoms with Gasteiger partial charge in [0.05, 0.1) is 20.5 Å². The second-order valence-corrected chi connectivity index (χ2v) is 6.42. The minimum atomic E-state index is -0.316. The van der Waals surface area contributed by atoms with Gasteiger partial charge < -0.3 is 4.98 Å². The van der Waals surface area contributed by atoms with Crippen LogP contribution in [0.25, 0.3) is 22.4 Å². The Balaban J connectivity index is 2.17. The maximum atomic E-state index is 13.5. The predicted octanol–water partition coefficient (Wildman–Crippen LogP) is 5.39. The number of aromatic nitrogens is 2. The SMILES string of the molecule is Fc1cc2[nH]c(-c3ccc(I)c(Cl)c3)nc2cc1Br. The zero-order valence-corrected chi connectivity index (χ0v) is 13.8. The van der Waals surface area contributed by atoms with Crippen molar-refractivity contribution in [2.75, 3.05) is 0 Å². The standard InChI is InChI=1S/C13H6BrClFIN2/c14-7-4-11-12(5-9(7)16)19-13(18-11)6-1-2-10(17)8(15)3-6/h1-5H,(H,18,19). The number of aromatic amines is 1. The average Bonchev–Trinajstić information content (AvgIpc) is 2.76. The molecule has 2 aromatic carbocycles. The van der Waals surface area contributed by atoms with Crippen LogP contribution in [0.2, 0.25) is 5.02 Å². The summed E-state index contributed by atoms with van der Waals surface area (Å²) >= 11 is 11.4. The number of benzene rings is 2. The molecule has 0 atom stereocenters. The van der Waals surface area contributed by atoms with Crippen molar-refractivity contribution >= 4 is 61.2 Å². The summed E-state index contributed by atoms with van der Waals surface area (Å²) in [5.74, 6) is 0.356. The second-order valence-electron chi connectivity index (χ2n) is 4.00. The van der Waals surface area contributed by atoms with Crippen LogP contribution in [0.1, 0.15) is 0 Å². The third-order valence-electron chi connectivity index (χ3n) is 2.72. The van der Waals surface area contributed by atoms with Gasteiger partial charge in [0, 0.05) is 15.2 Å². The minimum absolute atomic E-state index is 0.316. The molecule has 0 aliphatic carbocycles. The number of imidazole rings is 1. The topological polar surface area (TPSA) is 28.7 Å². The number of halogens is 4. The Hall–Kier alpha value is -0.660. The number of hydrogen-bond donors (Lipinski definition) is 1. The highest BCUT2D eigenvalue weighted by atomic mass is 127. The van der Waals surface area contributed by atoms with Gasteiger partial charge >= 0.3 is 0 Å². The van der Waals surface area contributed by atoms with E-state index in [1.165, 1.54) is 6.07 Å². The van der Waals surface area contributed by atoms with Crippen molar-refractivity contribution in [1.82, 2.24) is 9.97 Å². The summed E-state index contributed by atoms with van der Waals surface area (Å²) in [5.41, 5.74) is 2.24. The summed E-state index contributed by atoms with van der Waals surface area (Å²) in [6, 6.07) is 8.76. The number of nitrogens with one attached hydrogen (secondary N) is 1. The van der Waals surface area contributed by atoms with Crippen LogP contribution in [0.5, 0.6) is 0 Å².